The summed E-state index contributed by atoms with van der Waals surface area (Å²) in [6.45, 7) is 7.77. The number of amides is 1. The van der Waals surface area contributed by atoms with Crippen molar-refractivity contribution in [3.63, 3.8) is 0 Å². The van der Waals surface area contributed by atoms with E-state index in [4.69, 9.17) is 0 Å². The van der Waals surface area contributed by atoms with E-state index in [1.807, 2.05) is 4.90 Å². The first kappa shape index (κ1) is 12.2. The molecule has 1 aliphatic rings. The van der Waals surface area contributed by atoms with Crippen LogP contribution in [0.1, 0.15) is 26.7 Å². The van der Waals surface area contributed by atoms with Gasteiger partial charge in [0.2, 0.25) is 5.91 Å². The fraction of sp³-hybridized carbons (Fsp3) is 0.818. The summed E-state index contributed by atoms with van der Waals surface area (Å²) < 4.78 is 0. The number of rotatable bonds is 4. The molecule has 0 spiro atoms. The van der Waals surface area contributed by atoms with E-state index in [1.54, 1.807) is 13.8 Å². The average Bonchev–Trinajstić information content (AvgIpc) is 2.18. The molecule has 0 aromatic rings. The Balaban J connectivity index is 2.14. The van der Waals surface area contributed by atoms with E-state index in [2.05, 4.69) is 4.90 Å². The highest BCUT2D eigenvalue weighted by molar-refractivity contribution is 5.75. The van der Waals surface area contributed by atoms with Crippen molar-refractivity contribution in [1.82, 2.24) is 9.80 Å². The molecule has 15 heavy (non-hydrogen) atoms. The van der Waals surface area contributed by atoms with E-state index in [-0.39, 0.29) is 11.7 Å². The monoisotopic (exact) mass is 212 g/mol. The smallest absolute Gasteiger partial charge is 0.219 e. The highest BCUT2D eigenvalue weighted by Gasteiger charge is 2.17. The first-order chi connectivity index (χ1) is 7.09. The molecule has 1 saturated heterocycles. The van der Waals surface area contributed by atoms with E-state index >= 15 is 0 Å². The topological polar surface area (TPSA) is 40.6 Å². The maximum absolute atomic E-state index is 11.1. The number of nitrogens with zero attached hydrogens (tertiary/aromatic N) is 2. The van der Waals surface area contributed by atoms with Crippen LogP contribution in [0, 0.1) is 0 Å². The molecule has 1 rings (SSSR count). The maximum atomic E-state index is 11.1. The minimum atomic E-state index is 0.165. The zero-order valence-corrected chi connectivity index (χ0v) is 9.66. The fourth-order valence-electron chi connectivity index (χ4n) is 1.84. The lowest BCUT2D eigenvalue weighted by molar-refractivity contribution is -0.130. The Bertz CT molecular complexity index is 230. The van der Waals surface area contributed by atoms with Gasteiger partial charge in [-0.1, -0.05) is 0 Å². The fourth-order valence-corrected chi connectivity index (χ4v) is 1.84. The Morgan fingerprint density at radius 3 is 2.13 bits per heavy atom. The summed E-state index contributed by atoms with van der Waals surface area (Å²) in [6, 6.07) is 0. The lowest BCUT2D eigenvalue weighted by atomic mass is 10.2. The predicted octanol–water partition coefficient (Wildman–Crippen LogP) is 0.520. The van der Waals surface area contributed by atoms with Crippen molar-refractivity contribution in [3.8, 4) is 0 Å². The van der Waals surface area contributed by atoms with Gasteiger partial charge in [0.25, 0.3) is 0 Å². The quantitative estimate of drug-likeness (QED) is 0.682. The Labute approximate surface area is 91.2 Å². The van der Waals surface area contributed by atoms with Gasteiger partial charge in [0.05, 0.1) is 0 Å². The van der Waals surface area contributed by atoms with Crippen LogP contribution >= 0.6 is 0 Å². The van der Waals surface area contributed by atoms with Crippen LogP contribution in [0.25, 0.3) is 0 Å². The second-order valence-corrected chi connectivity index (χ2v) is 4.15. The summed E-state index contributed by atoms with van der Waals surface area (Å²) in [5, 5.41) is 0. The number of hydrogen-bond donors (Lipinski definition) is 0. The molecule has 0 aromatic carbocycles. The van der Waals surface area contributed by atoms with Gasteiger partial charge in [-0.05, 0) is 19.9 Å². The van der Waals surface area contributed by atoms with Gasteiger partial charge in [-0.2, -0.15) is 0 Å². The van der Waals surface area contributed by atoms with Crippen LogP contribution in [-0.2, 0) is 9.59 Å². The number of Topliss-reactive ketones (excluding diaryl/α,β-unsaturated/α-hetero) is 1. The minimum absolute atomic E-state index is 0.165. The van der Waals surface area contributed by atoms with Gasteiger partial charge in [0.15, 0.2) is 0 Å². The van der Waals surface area contributed by atoms with E-state index in [0.29, 0.717) is 6.42 Å². The molecule has 0 saturated carbocycles. The molecule has 1 amide bonds. The highest BCUT2D eigenvalue weighted by atomic mass is 16.2. The van der Waals surface area contributed by atoms with Crippen molar-refractivity contribution in [2.75, 3.05) is 32.7 Å². The van der Waals surface area contributed by atoms with E-state index in [9.17, 15) is 9.59 Å². The van der Waals surface area contributed by atoms with Crippen molar-refractivity contribution in [2.45, 2.75) is 26.7 Å². The molecule has 0 radical (unpaired) electrons. The van der Waals surface area contributed by atoms with E-state index in [0.717, 1.165) is 39.1 Å². The highest BCUT2D eigenvalue weighted by Crippen LogP contribution is 2.03. The molecule has 4 nitrogen and oxygen atoms in total. The predicted molar refractivity (Wildman–Crippen MR) is 58.6 cm³/mol. The van der Waals surface area contributed by atoms with Crippen molar-refractivity contribution in [1.29, 1.82) is 0 Å². The summed E-state index contributed by atoms with van der Waals surface area (Å²) in [5.74, 6) is 0.427. The van der Waals surface area contributed by atoms with Gasteiger partial charge < -0.3 is 9.69 Å². The van der Waals surface area contributed by atoms with Crippen LogP contribution in [0.15, 0.2) is 0 Å². The molecule has 1 heterocycles. The van der Waals surface area contributed by atoms with Crippen molar-refractivity contribution < 1.29 is 9.59 Å². The van der Waals surface area contributed by atoms with E-state index < -0.39 is 0 Å². The largest absolute Gasteiger partial charge is 0.340 e. The maximum Gasteiger partial charge on any atom is 0.219 e. The van der Waals surface area contributed by atoms with Crippen molar-refractivity contribution in [2.24, 2.45) is 0 Å². The summed E-state index contributed by atoms with van der Waals surface area (Å²) in [4.78, 5) is 26.0. The molecule has 0 bridgehead atoms. The molecule has 0 aromatic heterocycles. The molecule has 86 valence electrons. The van der Waals surface area contributed by atoms with Gasteiger partial charge in [0.1, 0.15) is 5.78 Å². The standard InChI is InChI=1S/C11H20N2O2/c1-10(14)4-3-5-12-6-8-13(9-7-12)11(2)15/h3-9H2,1-2H3. The zero-order chi connectivity index (χ0) is 11.3. The number of hydrogen-bond acceptors (Lipinski definition) is 3. The van der Waals surface area contributed by atoms with Crippen molar-refractivity contribution in [3.05, 3.63) is 0 Å². The van der Waals surface area contributed by atoms with E-state index in [1.165, 1.54) is 0 Å². The van der Waals surface area contributed by atoms with Gasteiger partial charge in [-0.25, -0.2) is 0 Å². The first-order valence-corrected chi connectivity index (χ1v) is 5.57. The summed E-state index contributed by atoms with van der Waals surface area (Å²) in [6.07, 6.45) is 1.61. The van der Waals surface area contributed by atoms with Gasteiger partial charge in [-0.15, -0.1) is 0 Å². The molecule has 1 aliphatic heterocycles. The third-order valence-electron chi connectivity index (χ3n) is 2.82. The zero-order valence-electron chi connectivity index (χ0n) is 9.66. The first-order valence-electron chi connectivity index (χ1n) is 5.57. The second kappa shape index (κ2) is 5.85. The summed E-state index contributed by atoms with van der Waals surface area (Å²) >= 11 is 0. The lowest BCUT2D eigenvalue weighted by Gasteiger charge is -2.34. The Hall–Kier alpha value is -0.900. The Morgan fingerprint density at radius 2 is 1.67 bits per heavy atom. The van der Waals surface area contributed by atoms with Gasteiger partial charge in [0, 0.05) is 39.5 Å². The number of carbonyl (C=O) groups is 2. The third kappa shape index (κ3) is 4.42. The lowest BCUT2D eigenvalue weighted by Crippen LogP contribution is -2.48. The molecule has 0 N–H and O–H groups in total. The molecule has 0 unspecified atom stereocenters. The number of piperazine rings is 1. The molecule has 0 aliphatic carbocycles. The molecular formula is C11H20N2O2. The Kier molecular flexibility index (Phi) is 4.75. The van der Waals surface area contributed by atoms with Crippen LogP contribution in [-0.4, -0.2) is 54.2 Å². The molecule has 1 fully saturated rings. The minimum Gasteiger partial charge on any atom is -0.340 e. The second-order valence-electron chi connectivity index (χ2n) is 4.15. The van der Waals surface area contributed by atoms with Crippen LogP contribution in [0.5, 0.6) is 0 Å². The summed E-state index contributed by atoms with van der Waals surface area (Å²) in [5.41, 5.74) is 0. The van der Waals surface area contributed by atoms with Crippen LogP contribution in [0.4, 0.5) is 0 Å². The molecule has 0 atom stereocenters. The SMILES string of the molecule is CC(=O)CCCN1CCN(C(C)=O)CC1. The number of carbonyl (C=O) groups excluding carboxylic acids is 2. The molecule has 4 heteroatoms. The van der Waals surface area contributed by atoms with Crippen LogP contribution in [0.3, 0.4) is 0 Å². The average molecular weight is 212 g/mol. The summed E-state index contributed by atoms with van der Waals surface area (Å²) in [7, 11) is 0. The van der Waals surface area contributed by atoms with Crippen molar-refractivity contribution >= 4 is 11.7 Å². The normalized spacial score (nSPS) is 17.9. The van der Waals surface area contributed by atoms with Crippen LogP contribution in [0.2, 0.25) is 0 Å². The van der Waals surface area contributed by atoms with Crippen LogP contribution < -0.4 is 0 Å². The molecular weight excluding hydrogens is 192 g/mol. The van der Waals surface area contributed by atoms with Gasteiger partial charge >= 0.3 is 0 Å². The number of ketones is 1. The Morgan fingerprint density at radius 1 is 1.07 bits per heavy atom. The van der Waals surface area contributed by atoms with Gasteiger partial charge in [-0.3, -0.25) is 9.69 Å². The third-order valence-corrected chi connectivity index (χ3v) is 2.82.